The zero-order valence-corrected chi connectivity index (χ0v) is 17.5. The lowest BCUT2D eigenvalue weighted by molar-refractivity contribution is -0.137. The maximum Gasteiger partial charge on any atom is 0.257 e. The SMILES string of the molecule is CCCOCC(=O)N1CCc2c(sc3c2C(=O)N(C)CC(=O)N3CCOC)C1. The zero-order chi connectivity index (χ0) is 20.3. The molecule has 0 spiro atoms. The van der Waals surface area contributed by atoms with Crippen molar-refractivity contribution in [2.45, 2.75) is 26.3 Å². The van der Waals surface area contributed by atoms with Crippen molar-refractivity contribution in [1.82, 2.24) is 9.80 Å². The molecule has 0 unspecified atom stereocenters. The molecule has 28 heavy (non-hydrogen) atoms. The summed E-state index contributed by atoms with van der Waals surface area (Å²) in [5, 5.41) is 0.679. The van der Waals surface area contributed by atoms with Crippen LogP contribution in [0.4, 0.5) is 5.00 Å². The van der Waals surface area contributed by atoms with Crippen LogP contribution in [-0.2, 0) is 32.0 Å². The van der Waals surface area contributed by atoms with Crippen LogP contribution in [0, 0.1) is 0 Å². The number of hydrogen-bond donors (Lipinski definition) is 0. The Morgan fingerprint density at radius 2 is 2.00 bits per heavy atom. The highest BCUT2D eigenvalue weighted by molar-refractivity contribution is 7.17. The van der Waals surface area contributed by atoms with Gasteiger partial charge < -0.3 is 19.3 Å². The molecule has 9 heteroatoms. The van der Waals surface area contributed by atoms with E-state index in [4.69, 9.17) is 9.47 Å². The summed E-state index contributed by atoms with van der Waals surface area (Å²) in [6.07, 6.45) is 1.47. The molecule has 154 valence electrons. The molecule has 0 aliphatic carbocycles. The van der Waals surface area contributed by atoms with Crippen LogP contribution in [0.1, 0.15) is 34.1 Å². The fourth-order valence-corrected chi connectivity index (χ4v) is 4.88. The van der Waals surface area contributed by atoms with Crippen LogP contribution >= 0.6 is 11.3 Å². The minimum atomic E-state index is -0.133. The normalized spacial score (nSPS) is 16.9. The van der Waals surface area contributed by atoms with Crippen molar-refractivity contribution in [3.05, 3.63) is 16.0 Å². The van der Waals surface area contributed by atoms with Gasteiger partial charge in [-0.1, -0.05) is 6.92 Å². The van der Waals surface area contributed by atoms with Gasteiger partial charge in [0.1, 0.15) is 18.2 Å². The molecule has 0 N–H and O–H groups in total. The Hall–Kier alpha value is -1.97. The van der Waals surface area contributed by atoms with E-state index in [0.29, 0.717) is 49.8 Å². The van der Waals surface area contributed by atoms with Crippen LogP contribution in [0.25, 0.3) is 0 Å². The second kappa shape index (κ2) is 9.02. The third kappa shape index (κ3) is 4.06. The number of carbonyl (C=O) groups excluding carboxylic acids is 3. The minimum absolute atomic E-state index is 0.0431. The number of thiophene rings is 1. The predicted molar refractivity (Wildman–Crippen MR) is 106 cm³/mol. The first kappa shape index (κ1) is 20.8. The van der Waals surface area contributed by atoms with E-state index in [2.05, 4.69) is 0 Å². The molecular formula is C19H27N3O5S. The molecule has 0 aromatic carbocycles. The van der Waals surface area contributed by atoms with Crippen molar-refractivity contribution in [1.29, 1.82) is 0 Å². The molecule has 0 saturated heterocycles. The topological polar surface area (TPSA) is 79.4 Å². The maximum atomic E-state index is 12.9. The van der Waals surface area contributed by atoms with E-state index in [1.165, 1.54) is 16.2 Å². The summed E-state index contributed by atoms with van der Waals surface area (Å²) in [5.41, 5.74) is 1.58. The number of likely N-dealkylation sites (N-methyl/N-ethyl adjacent to an activating group) is 1. The molecule has 0 bridgehead atoms. The van der Waals surface area contributed by atoms with Gasteiger partial charge in [-0.2, -0.15) is 0 Å². The Morgan fingerprint density at radius 1 is 1.21 bits per heavy atom. The van der Waals surface area contributed by atoms with E-state index in [1.54, 1.807) is 24.0 Å². The van der Waals surface area contributed by atoms with E-state index in [9.17, 15) is 14.4 Å². The lowest BCUT2D eigenvalue weighted by atomic mass is 10.0. The quantitative estimate of drug-likeness (QED) is 0.631. The maximum absolute atomic E-state index is 12.9. The molecule has 8 nitrogen and oxygen atoms in total. The van der Waals surface area contributed by atoms with Crippen LogP contribution in [0.2, 0.25) is 0 Å². The number of ether oxygens (including phenoxy) is 2. The molecule has 0 radical (unpaired) electrons. The van der Waals surface area contributed by atoms with Crippen molar-refractivity contribution in [3.63, 3.8) is 0 Å². The molecule has 2 aliphatic rings. The number of fused-ring (bicyclic) bond motifs is 3. The number of anilines is 1. The fourth-order valence-electron chi connectivity index (χ4n) is 3.48. The van der Waals surface area contributed by atoms with Crippen LogP contribution in [0.5, 0.6) is 0 Å². The Kier molecular flexibility index (Phi) is 6.69. The average Bonchev–Trinajstić information content (AvgIpc) is 3.02. The van der Waals surface area contributed by atoms with Crippen molar-refractivity contribution >= 4 is 34.1 Å². The van der Waals surface area contributed by atoms with Crippen molar-refractivity contribution in [2.75, 3.05) is 58.5 Å². The predicted octanol–water partition coefficient (Wildman–Crippen LogP) is 1.12. The van der Waals surface area contributed by atoms with E-state index >= 15 is 0 Å². The van der Waals surface area contributed by atoms with E-state index < -0.39 is 0 Å². The molecule has 3 rings (SSSR count). The number of rotatable bonds is 7. The van der Waals surface area contributed by atoms with Crippen molar-refractivity contribution in [2.24, 2.45) is 0 Å². The van der Waals surface area contributed by atoms with Gasteiger partial charge >= 0.3 is 0 Å². The number of hydrogen-bond acceptors (Lipinski definition) is 6. The van der Waals surface area contributed by atoms with Crippen LogP contribution in [-0.4, -0.2) is 81.1 Å². The number of nitrogens with zero attached hydrogens (tertiary/aromatic N) is 3. The largest absolute Gasteiger partial charge is 0.383 e. The summed E-state index contributed by atoms with van der Waals surface area (Å²) < 4.78 is 10.5. The molecule has 0 atom stereocenters. The summed E-state index contributed by atoms with van der Waals surface area (Å²) in [7, 11) is 3.24. The van der Waals surface area contributed by atoms with Gasteiger partial charge in [-0.05, 0) is 18.4 Å². The first-order chi connectivity index (χ1) is 13.5. The second-order valence-corrected chi connectivity index (χ2v) is 8.08. The highest BCUT2D eigenvalue weighted by Gasteiger charge is 2.37. The smallest absolute Gasteiger partial charge is 0.257 e. The van der Waals surface area contributed by atoms with Gasteiger partial charge in [0.05, 0.1) is 25.3 Å². The highest BCUT2D eigenvalue weighted by Crippen LogP contribution is 2.41. The molecule has 1 aromatic heterocycles. The summed E-state index contributed by atoms with van der Waals surface area (Å²) in [4.78, 5) is 43.9. The van der Waals surface area contributed by atoms with Crippen LogP contribution < -0.4 is 4.90 Å². The Morgan fingerprint density at radius 3 is 2.71 bits per heavy atom. The number of carbonyl (C=O) groups is 3. The van der Waals surface area contributed by atoms with Gasteiger partial charge in [-0.15, -0.1) is 11.3 Å². The summed E-state index contributed by atoms with van der Waals surface area (Å²) in [6.45, 7) is 4.49. The summed E-state index contributed by atoms with van der Waals surface area (Å²) in [6, 6.07) is 0. The minimum Gasteiger partial charge on any atom is -0.383 e. The third-order valence-corrected chi connectivity index (χ3v) is 6.20. The second-order valence-electron chi connectivity index (χ2n) is 7.00. The van der Waals surface area contributed by atoms with Gasteiger partial charge in [0.25, 0.3) is 5.91 Å². The third-order valence-electron chi connectivity index (χ3n) is 4.96. The van der Waals surface area contributed by atoms with Crippen LogP contribution in [0.15, 0.2) is 0 Å². The molecule has 0 saturated carbocycles. The standard InChI is InChI=1S/C19H27N3O5S/c1-4-8-27-12-16(24)21-6-5-13-14(10-21)28-19-17(13)18(25)20(2)11-15(23)22(19)7-9-26-3/h4-12H2,1-3H3. The molecule has 2 aliphatic heterocycles. The van der Waals surface area contributed by atoms with Gasteiger partial charge in [-0.25, -0.2) is 0 Å². The van der Waals surface area contributed by atoms with Gasteiger partial charge in [0.2, 0.25) is 11.8 Å². The molecule has 3 heterocycles. The van der Waals surface area contributed by atoms with Crippen molar-refractivity contribution in [3.8, 4) is 0 Å². The van der Waals surface area contributed by atoms with E-state index in [-0.39, 0.29) is 30.9 Å². The van der Waals surface area contributed by atoms with E-state index in [1.807, 2.05) is 6.92 Å². The molecule has 3 amide bonds. The molecule has 1 aromatic rings. The Labute approximate surface area is 169 Å². The monoisotopic (exact) mass is 409 g/mol. The first-order valence-electron chi connectivity index (χ1n) is 9.52. The van der Waals surface area contributed by atoms with Crippen molar-refractivity contribution < 1.29 is 23.9 Å². The van der Waals surface area contributed by atoms with Gasteiger partial charge in [0.15, 0.2) is 0 Å². The zero-order valence-electron chi connectivity index (χ0n) is 16.7. The Balaban J connectivity index is 1.88. The van der Waals surface area contributed by atoms with Crippen LogP contribution in [0.3, 0.4) is 0 Å². The summed E-state index contributed by atoms with van der Waals surface area (Å²) >= 11 is 1.44. The van der Waals surface area contributed by atoms with Gasteiger partial charge in [0, 0.05) is 32.2 Å². The fraction of sp³-hybridized carbons (Fsp3) is 0.632. The number of amides is 3. The Bertz CT molecular complexity index is 763. The average molecular weight is 410 g/mol. The van der Waals surface area contributed by atoms with E-state index in [0.717, 1.165) is 16.9 Å². The molecular weight excluding hydrogens is 382 g/mol. The lowest BCUT2D eigenvalue weighted by Gasteiger charge is -2.27. The molecule has 0 fully saturated rings. The lowest BCUT2D eigenvalue weighted by Crippen LogP contribution is -2.39. The number of methoxy groups -OCH3 is 1. The first-order valence-corrected chi connectivity index (χ1v) is 10.3. The highest BCUT2D eigenvalue weighted by atomic mass is 32.1. The summed E-state index contributed by atoms with van der Waals surface area (Å²) in [5.74, 6) is -0.295. The van der Waals surface area contributed by atoms with Gasteiger partial charge in [-0.3, -0.25) is 19.3 Å².